The fourth-order valence-corrected chi connectivity index (χ4v) is 4.21. The van der Waals surface area contributed by atoms with Gasteiger partial charge in [0.2, 0.25) is 5.82 Å². The molecule has 8 heteroatoms. The largest absolute Gasteiger partial charge is 0.358 e. The Balaban J connectivity index is 1.65. The van der Waals surface area contributed by atoms with Gasteiger partial charge >= 0.3 is 0 Å². The molecule has 4 rings (SSSR count). The molecule has 0 unspecified atom stereocenters. The molecule has 1 aliphatic rings. The zero-order valence-corrected chi connectivity index (χ0v) is 18.2. The van der Waals surface area contributed by atoms with E-state index in [9.17, 15) is 8.78 Å². The molecule has 3 aromatic rings. The number of tetrazole rings is 1. The average molecular weight is 428 g/mol. The molecular formula is C23H29F2N6+. The van der Waals surface area contributed by atoms with Crippen LogP contribution in [0.5, 0.6) is 0 Å². The quantitative estimate of drug-likeness (QED) is 0.657. The first-order valence-electron chi connectivity index (χ1n) is 10.8. The highest BCUT2D eigenvalue weighted by atomic mass is 19.1. The summed E-state index contributed by atoms with van der Waals surface area (Å²) in [5.41, 5.74) is 1.36. The number of benzene rings is 2. The van der Waals surface area contributed by atoms with Gasteiger partial charge in [0.1, 0.15) is 11.6 Å². The Labute approximate surface area is 181 Å². The minimum Gasteiger partial charge on any atom is -0.358 e. The van der Waals surface area contributed by atoms with Crippen LogP contribution >= 0.6 is 0 Å². The lowest BCUT2D eigenvalue weighted by Gasteiger charge is -2.38. The van der Waals surface area contributed by atoms with Gasteiger partial charge in [0.25, 0.3) is 0 Å². The van der Waals surface area contributed by atoms with Crippen LogP contribution < -0.4 is 9.80 Å². The van der Waals surface area contributed by atoms with E-state index < -0.39 is 0 Å². The van der Waals surface area contributed by atoms with Gasteiger partial charge in [0.15, 0.2) is 6.04 Å². The minimum absolute atomic E-state index is 0.135. The Morgan fingerprint density at radius 2 is 1.71 bits per heavy atom. The van der Waals surface area contributed by atoms with Gasteiger partial charge in [0.05, 0.1) is 37.4 Å². The molecular weight excluding hydrogens is 398 g/mol. The zero-order valence-electron chi connectivity index (χ0n) is 18.2. The van der Waals surface area contributed by atoms with E-state index in [1.807, 2.05) is 28.9 Å². The predicted octanol–water partition coefficient (Wildman–Crippen LogP) is 2.59. The second kappa shape index (κ2) is 8.70. The first-order valence-corrected chi connectivity index (χ1v) is 10.8. The van der Waals surface area contributed by atoms with E-state index >= 15 is 0 Å². The van der Waals surface area contributed by atoms with Crippen molar-refractivity contribution in [1.82, 2.24) is 20.2 Å². The lowest BCUT2D eigenvalue weighted by Crippen LogP contribution is -3.15. The van der Waals surface area contributed by atoms with E-state index in [1.165, 1.54) is 23.1 Å². The normalized spacial score (nSPS) is 16.5. The summed E-state index contributed by atoms with van der Waals surface area (Å²) in [6.45, 7) is 9.34. The van der Waals surface area contributed by atoms with Crippen molar-refractivity contribution in [2.45, 2.75) is 38.8 Å². The van der Waals surface area contributed by atoms with Crippen molar-refractivity contribution < 1.29 is 13.7 Å². The van der Waals surface area contributed by atoms with Crippen molar-refractivity contribution >= 4 is 5.69 Å². The number of hydrogen-bond acceptors (Lipinski definition) is 4. The van der Waals surface area contributed by atoms with Crippen LogP contribution in [-0.2, 0) is 5.54 Å². The Bertz CT molecular complexity index is 1010. The molecule has 1 aromatic heterocycles. The van der Waals surface area contributed by atoms with Crippen molar-refractivity contribution in [3.8, 4) is 0 Å². The van der Waals surface area contributed by atoms with E-state index in [4.69, 9.17) is 0 Å². The molecule has 1 fully saturated rings. The summed E-state index contributed by atoms with van der Waals surface area (Å²) in [6, 6.07) is 13.3. The monoisotopic (exact) mass is 427 g/mol. The number of anilines is 1. The van der Waals surface area contributed by atoms with Gasteiger partial charge in [0, 0.05) is 5.56 Å². The highest BCUT2D eigenvalue weighted by Crippen LogP contribution is 2.25. The Morgan fingerprint density at radius 3 is 2.35 bits per heavy atom. The first-order chi connectivity index (χ1) is 14.9. The van der Waals surface area contributed by atoms with E-state index in [1.54, 1.807) is 6.07 Å². The number of halogens is 2. The molecule has 2 heterocycles. The van der Waals surface area contributed by atoms with Crippen molar-refractivity contribution in [1.29, 1.82) is 0 Å². The molecule has 1 N–H and O–H groups in total. The molecule has 1 aliphatic heterocycles. The van der Waals surface area contributed by atoms with E-state index in [-0.39, 0.29) is 23.2 Å². The highest BCUT2D eigenvalue weighted by Gasteiger charge is 2.37. The van der Waals surface area contributed by atoms with Gasteiger partial charge in [-0.25, -0.2) is 13.5 Å². The second-order valence-corrected chi connectivity index (χ2v) is 8.70. The average Bonchev–Trinajstić information content (AvgIpc) is 3.27. The van der Waals surface area contributed by atoms with E-state index in [2.05, 4.69) is 41.2 Å². The molecule has 0 bridgehead atoms. The number of quaternary nitrogens is 1. The van der Waals surface area contributed by atoms with E-state index in [0.717, 1.165) is 30.9 Å². The fraction of sp³-hybridized carbons (Fsp3) is 0.435. The van der Waals surface area contributed by atoms with Crippen LogP contribution in [0.4, 0.5) is 14.5 Å². The van der Waals surface area contributed by atoms with Gasteiger partial charge < -0.3 is 9.80 Å². The van der Waals surface area contributed by atoms with Gasteiger partial charge in [-0.15, -0.1) is 5.10 Å². The first kappa shape index (κ1) is 21.4. The lowest BCUT2D eigenvalue weighted by atomic mass is 9.99. The SMILES string of the molecule is CCC(C)(C)n1nnnc1[C@@H](c1ccc(F)cc1)[NH+]1CCN(c2ccccc2F)CC1. The third kappa shape index (κ3) is 4.30. The van der Waals surface area contributed by atoms with Crippen LogP contribution in [0.3, 0.4) is 0 Å². The number of nitrogens with one attached hydrogen (secondary N) is 1. The number of nitrogens with zero attached hydrogens (tertiary/aromatic N) is 5. The summed E-state index contributed by atoms with van der Waals surface area (Å²) in [6.07, 6.45) is 0.873. The second-order valence-electron chi connectivity index (χ2n) is 8.70. The summed E-state index contributed by atoms with van der Waals surface area (Å²) in [5.74, 6) is 0.304. The van der Waals surface area contributed by atoms with Crippen molar-refractivity contribution in [3.63, 3.8) is 0 Å². The number of aromatic nitrogens is 4. The number of para-hydroxylation sites is 1. The Hall–Kier alpha value is -2.87. The van der Waals surface area contributed by atoms with Crippen molar-refractivity contribution in [2.75, 3.05) is 31.1 Å². The Morgan fingerprint density at radius 1 is 1.03 bits per heavy atom. The maximum absolute atomic E-state index is 14.3. The summed E-state index contributed by atoms with van der Waals surface area (Å²) < 4.78 is 29.8. The summed E-state index contributed by atoms with van der Waals surface area (Å²) >= 11 is 0. The van der Waals surface area contributed by atoms with Crippen LogP contribution in [0, 0.1) is 11.6 Å². The topological polar surface area (TPSA) is 51.3 Å². The third-order valence-corrected chi connectivity index (χ3v) is 6.40. The molecule has 0 aliphatic carbocycles. The highest BCUT2D eigenvalue weighted by molar-refractivity contribution is 5.47. The molecule has 0 amide bonds. The summed E-state index contributed by atoms with van der Waals surface area (Å²) in [5, 5.41) is 12.7. The summed E-state index contributed by atoms with van der Waals surface area (Å²) in [4.78, 5) is 3.36. The maximum Gasteiger partial charge on any atom is 0.214 e. The van der Waals surface area contributed by atoms with Crippen LogP contribution in [0.25, 0.3) is 0 Å². The van der Waals surface area contributed by atoms with Crippen LogP contribution in [0.1, 0.15) is 44.6 Å². The molecule has 31 heavy (non-hydrogen) atoms. The fourth-order valence-electron chi connectivity index (χ4n) is 4.21. The number of rotatable bonds is 6. The van der Waals surface area contributed by atoms with Gasteiger partial charge in [-0.2, -0.15) is 0 Å². The number of piperazine rings is 1. The predicted molar refractivity (Wildman–Crippen MR) is 115 cm³/mol. The van der Waals surface area contributed by atoms with Gasteiger partial charge in [-0.3, -0.25) is 0 Å². The van der Waals surface area contributed by atoms with Crippen molar-refractivity contribution in [3.05, 3.63) is 71.6 Å². The molecule has 6 nitrogen and oxygen atoms in total. The smallest absolute Gasteiger partial charge is 0.214 e. The molecule has 0 spiro atoms. The Kier molecular flexibility index (Phi) is 6.00. The minimum atomic E-state index is -0.268. The van der Waals surface area contributed by atoms with Crippen molar-refractivity contribution in [2.24, 2.45) is 0 Å². The van der Waals surface area contributed by atoms with E-state index in [0.29, 0.717) is 18.8 Å². The molecule has 0 saturated carbocycles. The van der Waals surface area contributed by atoms with Gasteiger partial charge in [-0.05, 0) is 67.1 Å². The third-order valence-electron chi connectivity index (χ3n) is 6.40. The molecule has 0 radical (unpaired) electrons. The zero-order chi connectivity index (χ0) is 22.0. The van der Waals surface area contributed by atoms with Crippen LogP contribution in [0.2, 0.25) is 0 Å². The number of hydrogen-bond donors (Lipinski definition) is 1. The molecule has 2 aromatic carbocycles. The molecule has 1 saturated heterocycles. The lowest BCUT2D eigenvalue weighted by molar-refractivity contribution is -0.927. The molecule has 1 atom stereocenters. The van der Waals surface area contributed by atoms with Crippen LogP contribution in [-0.4, -0.2) is 46.4 Å². The van der Waals surface area contributed by atoms with Gasteiger partial charge in [-0.1, -0.05) is 19.1 Å². The molecule has 164 valence electrons. The van der Waals surface area contributed by atoms with Crippen LogP contribution in [0.15, 0.2) is 48.5 Å². The maximum atomic E-state index is 14.3. The standard InChI is InChI=1S/C23H28F2N6/c1-4-23(2,3)31-22(26-27-28-31)21(17-9-11-18(24)12-10-17)30-15-13-29(14-16-30)20-8-6-5-7-19(20)25/h5-12,21H,4,13-16H2,1-3H3/p+1/t21-/m1/s1. The summed E-state index contributed by atoms with van der Waals surface area (Å²) in [7, 11) is 0.